The Morgan fingerprint density at radius 3 is 2.37 bits per heavy atom. The van der Waals surface area contributed by atoms with Gasteiger partial charge in [0.1, 0.15) is 5.54 Å². The van der Waals surface area contributed by atoms with Crippen LogP contribution in [0.2, 0.25) is 0 Å². The largest absolute Gasteiger partial charge is 0.467 e. The summed E-state index contributed by atoms with van der Waals surface area (Å²) in [6.45, 7) is 0.439. The Kier molecular flexibility index (Phi) is 3.99. The smallest absolute Gasteiger partial charge is 0.410 e. The minimum absolute atomic E-state index is 0.0159. The first-order chi connectivity index (χ1) is 9.03. The summed E-state index contributed by atoms with van der Waals surface area (Å²) in [5.74, 6) is 0.0891. The summed E-state index contributed by atoms with van der Waals surface area (Å²) in [5, 5.41) is 0. The number of nitrogens with zero attached hydrogens (tertiary/aromatic N) is 1. The van der Waals surface area contributed by atoms with Crippen molar-refractivity contribution in [2.75, 3.05) is 27.9 Å². The Bertz CT molecular complexity index is 360. The zero-order valence-electron chi connectivity index (χ0n) is 11.7. The van der Waals surface area contributed by atoms with Crippen LogP contribution in [0.25, 0.3) is 0 Å². The third-order valence-electron chi connectivity index (χ3n) is 4.08. The summed E-state index contributed by atoms with van der Waals surface area (Å²) in [6.07, 6.45) is 2.65. The standard InChI is InChI=1S/C13H21NO5/c1-14(12(16)19-8-9-4-5-9)13(11(15)18-3)6-10(7-13)17-2/h9-10H,4-8H2,1-3H3. The number of esters is 1. The van der Waals surface area contributed by atoms with E-state index in [0.29, 0.717) is 25.4 Å². The van der Waals surface area contributed by atoms with Crippen molar-refractivity contribution >= 4 is 12.1 Å². The second-order valence-electron chi connectivity index (χ2n) is 5.37. The number of methoxy groups -OCH3 is 2. The van der Waals surface area contributed by atoms with E-state index in [1.165, 1.54) is 12.0 Å². The maximum atomic E-state index is 12.0. The van der Waals surface area contributed by atoms with Gasteiger partial charge in [-0.1, -0.05) is 0 Å². The lowest BCUT2D eigenvalue weighted by atomic mass is 9.73. The summed E-state index contributed by atoms with van der Waals surface area (Å²) in [5.41, 5.74) is -0.934. The van der Waals surface area contributed by atoms with Crippen LogP contribution in [-0.2, 0) is 19.0 Å². The van der Waals surface area contributed by atoms with Gasteiger partial charge in [0, 0.05) is 27.0 Å². The fourth-order valence-corrected chi connectivity index (χ4v) is 2.37. The van der Waals surface area contributed by atoms with Crippen molar-refractivity contribution in [3.8, 4) is 0 Å². The lowest BCUT2D eigenvalue weighted by Crippen LogP contribution is -2.65. The fraction of sp³-hybridized carbons (Fsp3) is 0.846. The molecule has 0 bridgehead atoms. The van der Waals surface area contributed by atoms with Gasteiger partial charge in [-0.2, -0.15) is 0 Å². The van der Waals surface area contributed by atoms with Crippen LogP contribution in [0.15, 0.2) is 0 Å². The highest BCUT2D eigenvalue weighted by atomic mass is 16.6. The maximum Gasteiger partial charge on any atom is 0.410 e. The summed E-state index contributed by atoms with van der Waals surface area (Å²) in [7, 11) is 4.50. The van der Waals surface area contributed by atoms with Crippen LogP contribution in [0.1, 0.15) is 25.7 Å². The molecule has 2 aliphatic carbocycles. The predicted octanol–water partition coefficient (Wildman–Crippen LogP) is 1.19. The van der Waals surface area contributed by atoms with Crippen molar-refractivity contribution in [2.24, 2.45) is 5.92 Å². The molecule has 0 radical (unpaired) electrons. The normalized spacial score (nSPS) is 29.3. The molecule has 2 fully saturated rings. The van der Waals surface area contributed by atoms with Crippen molar-refractivity contribution < 1.29 is 23.8 Å². The molecule has 6 heteroatoms. The van der Waals surface area contributed by atoms with E-state index in [-0.39, 0.29) is 6.10 Å². The summed E-state index contributed by atoms with van der Waals surface area (Å²) >= 11 is 0. The van der Waals surface area contributed by atoms with E-state index < -0.39 is 17.6 Å². The van der Waals surface area contributed by atoms with E-state index in [0.717, 1.165) is 12.8 Å². The molecule has 1 amide bonds. The topological polar surface area (TPSA) is 65.1 Å². The van der Waals surface area contributed by atoms with E-state index in [2.05, 4.69) is 0 Å². The lowest BCUT2D eigenvalue weighted by molar-refractivity contribution is -0.170. The highest BCUT2D eigenvalue weighted by molar-refractivity contribution is 5.87. The van der Waals surface area contributed by atoms with E-state index >= 15 is 0 Å². The van der Waals surface area contributed by atoms with Crippen LogP contribution in [0.5, 0.6) is 0 Å². The molecule has 108 valence electrons. The minimum Gasteiger partial charge on any atom is -0.467 e. The molecule has 19 heavy (non-hydrogen) atoms. The molecule has 2 saturated carbocycles. The molecular formula is C13H21NO5. The van der Waals surface area contributed by atoms with Crippen LogP contribution >= 0.6 is 0 Å². The number of likely N-dealkylation sites (N-methyl/N-ethyl adjacent to an activating group) is 1. The van der Waals surface area contributed by atoms with E-state index in [1.807, 2.05) is 0 Å². The number of ether oxygens (including phenoxy) is 3. The Labute approximate surface area is 113 Å². The fourth-order valence-electron chi connectivity index (χ4n) is 2.37. The van der Waals surface area contributed by atoms with Crippen LogP contribution < -0.4 is 0 Å². The van der Waals surface area contributed by atoms with Crippen LogP contribution in [0.4, 0.5) is 4.79 Å². The van der Waals surface area contributed by atoms with Crippen LogP contribution in [0.3, 0.4) is 0 Å². The van der Waals surface area contributed by atoms with Crippen LogP contribution in [0, 0.1) is 5.92 Å². The van der Waals surface area contributed by atoms with E-state index in [4.69, 9.17) is 14.2 Å². The van der Waals surface area contributed by atoms with Crippen molar-refractivity contribution in [3.05, 3.63) is 0 Å². The molecule has 0 unspecified atom stereocenters. The molecule has 0 aromatic heterocycles. The number of hydrogen-bond acceptors (Lipinski definition) is 5. The molecule has 0 aromatic rings. The Morgan fingerprint density at radius 2 is 1.89 bits per heavy atom. The zero-order chi connectivity index (χ0) is 14.0. The van der Waals surface area contributed by atoms with Gasteiger partial charge in [0.15, 0.2) is 0 Å². The molecule has 0 saturated heterocycles. The molecule has 0 aromatic carbocycles. The first-order valence-corrected chi connectivity index (χ1v) is 6.55. The Balaban J connectivity index is 1.97. The molecule has 0 N–H and O–H groups in total. The van der Waals surface area contributed by atoms with Crippen molar-refractivity contribution in [3.63, 3.8) is 0 Å². The lowest BCUT2D eigenvalue weighted by Gasteiger charge is -2.48. The first-order valence-electron chi connectivity index (χ1n) is 6.55. The van der Waals surface area contributed by atoms with Crippen LogP contribution in [-0.4, -0.2) is 56.5 Å². The molecule has 0 aliphatic heterocycles. The summed E-state index contributed by atoms with van der Waals surface area (Å²) < 4.78 is 15.2. The van der Waals surface area contributed by atoms with Gasteiger partial charge in [-0.15, -0.1) is 0 Å². The zero-order valence-corrected chi connectivity index (χ0v) is 11.7. The predicted molar refractivity (Wildman–Crippen MR) is 66.6 cm³/mol. The molecule has 0 spiro atoms. The Hall–Kier alpha value is -1.30. The monoisotopic (exact) mass is 271 g/mol. The Morgan fingerprint density at radius 1 is 1.26 bits per heavy atom. The minimum atomic E-state index is -0.934. The van der Waals surface area contributed by atoms with Crippen molar-refractivity contribution in [1.82, 2.24) is 4.90 Å². The van der Waals surface area contributed by atoms with E-state index in [1.54, 1.807) is 14.2 Å². The van der Waals surface area contributed by atoms with Gasteiger partial charge in [-0.25, -0.2) is 9.59 Å². The molecule has 0 atom stereocenters. The van der Waals surface area contributed by atoms with Gasteiger partial charge in [0.2, 0.25) is 0 Å². The van der Waals surface area contributed by atoms with Gasteiger partial charge in [0.25, 0.3) is 0 Å². The molecule has 2 aliphatic rings. The molecule has 6 nitrogen and oxygen atoms in total. The number of rotatable bonds is 5. The second kappa shape index (κ2) is 5.36. The van der Waals surface area contributed by atoms with Gasteiger partial charge < -0.3 is 14.2 Å². The maximum absolute atomic E-state index is 12.0. The molecule has 0 heterocycles. The highest BCUT2D eigenvalue weighted by Crippen LogP contribution is 2.40. The molecular weight excluding hydrogens is 250 g/mol. The number of carbonyl (C=O) groups is 2. The third-order valence-corrected chi connectivity index (χ3v) is 4.08. The van der Waals surface area contributed by atoms with Gasteiger partial charge in [-0.3, -0.25) is 4.90 Å². The van der Waals surface area contributed by atoms with Gasteiger partial charge in [-0.05, 0) is 18.8 Å². The number of carbonyl (C=O) groups excluding carboxylic acids is 2. The van der Waals surface area contributed by atoms with Crippen molar-refractivity contribution in [1.29, 1.82) is 0 Å². The second-order valence-corrected chi connectivity index (χ2v) is 5.37. The quantitative estimate of drug-likeness (QED) is 0.703. The van der Waals surface area contributed by atoms with Gasteiger partial charge >= 0.3 is 12.1 Å². The first kappa shape index (κ1) is 14.1. The average Bonchev–Trinajstić information content (AvgIpc) is 3.18. The SMILES string of the molecule is COC(=O)C1(N(C)C(=O)OCC2CC2)CC(OC)C1. The summed E-state index contributed by atoms with van der Waals surface area (Å²) in [6, 6.07) is 0. The number of hydrogen-bond donors (Lipinski definition) is 0. The highest BCUT2D eigenvalue weighted by Gasteiger charge is 2.56. The average molecular weight is 271 g/mol. The van der Waals surface area contributed by atoms with E-state index in [9.17, 15) is 9.59 Å². The van der Waals surface area contributed by atoms with Gasteiger partial charge in [0.05, 0.1) is 19.8 Å². The molecule has 2 rings (SSSR count). The number of amides is 1. The third kappa shape index (κ3) is 2.68. The van der Waals surface area contributed by atoms with Crippen molar-refractivity contribution in [2.45, 2.75) is 37.3 Å². The summed E-state index contributed by atoms with van der Waals surface area (Å²) in [4.78, 5) is 25.3.